The molecular weight excluding hydrogens is 172 g/mol. The molecule has 0 saturated carbocycles. The largest absolute Gasteiger partial charge is 0.388 e. The lowest BCUT2D eigenvalue weighted by Crippen LogP contribution is -1.99. The molecule has 74 valence electrons. The zero-order valence-corrected chi connectivity index (χ0v) is 8.64. The summed E-state index contributed by atoms with van der Waals surface area (Å²) < 4.78 is 0. The van der Waals surface area contributed by atoms with Crippen molar-refractivity contribution in [1.82, 2.24) is 0 Å². The van der Waals surface area contributed by atoms with Gasteiger partial charge in [-0.05, 0) is 66.8 Å². The molecule has 1 nitrogen and oxygen atoms in total. The maximum absolute atomic E-state index is 9.89. The van der Waals surface area contributed by atoms with Crippen LogP contribution in [0.2, 0.25) is 0 Å². The molecule has 2 aliphatic carbocycles. The first-order valence-electron chi connectivity index (χ1n) is 5.59. The van der Waals surface area contributed by atoms with E-state index in [4.69, 9.17) is 0 Å². The Balaban J connectivity index is 2.25. The Morgan fingerprint density at radius 2 is 2.07 bits per heavy atom. The molecule has 0 fully saturated rings. The maximum Gasteiger partial charge on any atom is 0.0798 e. The fourth-order valence-corrected chi connectivity index (χ4v) is 3.15. The molecule has 0 spiro atoms. The third-order valence-electron chi connectivity index (χ3n) is 3.83. The molecule has 3 rings (SSSR count). The summed E-state index contributed by atoms with van der Waals surface area (Å²) in [5, 5.41) is 9.89. The van der Waals surface area contributed by atoms with E-state index in [2.05, 4.69) is 13.0 Å². The topological polar surface area (TPSA) is 20.2 Å². The van der Waals surface area contributed by atoms with Crippen molar-refractivity contribution in [2.24, 2.45) is 0 Å². The van der Waals surface area contributed by atoms with Gasteiger partial charge in [-0.3, -0.25) is 0 Å². The lowest BCUT2D eigenvalue weighted by Gasteiger charge is -2.13. The molecule has 2 aliphatic rings. The summed E-state index contributed by atoms with van der Waals surface area (Å²) in [5.41, 5.74) is 7.14. The van der Waals surface area contributed by atoms with E-state index in [-0.39, 0.29) is 6.10 Å². The van der Waals surface area contributed by atoms with E-state index >= 15 is 0 Å². The minimum atomic E-state index is -0.184. The number of hydrogen-bond donors (Lipinski definition) is 1. The zero-order chi connectivity index (χ0) is 9.71. The summed E-state index contributed by atoms with van der Waals surface area (Å²) in [6.07, 6.45) is 5.59. The van der Waals surface area contributed by atoms with Gasteiger partial charge in [-0.15, -0.1) is 0 Å². The standard InChI is InChI=1S/C13H16O/c1-8-11-4-2-3-9(11)7-10-5-6-12(14)13(8)10/h7,12,14H,2-6H2,1H3/t12-/m1/s1. The van der Waals surface area contributed by atoms with E-state index in [0.29, 0.717) is 0 Å². The molecule has 1 N–H and O–H groups in total. The second-order valence-corrected chi connectivity index (χ2v) is 4.62. The number of fused-ring (bicyclic) bond motifs is 2. The van der Waals surface area contributed by atoms with Gasteiger partial charge in [0.1, 0.15) is 0 Å². The normalized spacial score (nSPS) is 23.7. The Morgan fingerprint density at radius 3 is 2.93 bits per heavy atom. The van der Waals surface area contributed by atoms with Crippen LogP contribution in [-0.4, -0.2) is 5.11 Å². The molecule has 0 unspecified atom stereocenters. The number of aryl methyl sites for hydroxylation is 2. The van der Waals surface area contributed by atoms with Gasteiger partial charge in [-0.25, -0.2) is 0 Å². The van der Waals surface area contributed by atoms with Crippen molar-refractivity contribution in [2.75, 3.05) is 0 Å². The molecule has 1 heteroatoms. The summed E-state index contributed by atoms with van der Waals surface area (Å²) in [6, 6.07) is 2.35. The zero-order valence-electron chi connectivity index (χ0n) is 8.64. The Bertz CT molecular complexity index is 393. The van der Waals surface area contributed by atoms with Gasteiger partial charge in [-0.1, -0.05) is 6.07 Å². The lowest BCUT2D eigenvalue weighted by molar-refractivity contribution is 0.179. The van der Waals surface area contributed by atoms with E-state index in [0.717, 1.165) is 12.8 Å². The smallest absolute Gasteiger partial charge is 0.0798 e. The van der Waals surface area contributed by atoms with Crippen LogP contribution in [-0.2, 0) is 19.3 Å². The van der Waals surface area contributed by atoms with E-state index in [1.54, 1.807) is 5.56 Å². The molecule has 0 aromatic heterocycles. The van der Waals surface area contributed by atoms with Gasteiger partial charge in [0.15, 0.2) is 0 Å². The number of aliphatic hydroxyl groups is 1. The second-order valence-electron chi connectivity index (χ2n) is 4.62. The predicted octanol–water partition coefficient (Wildman–Crippen LogP) is 2.46. The van der Waals surface area contributed by atoms with Gasteiger partial charge in [0.2, 0.25) is 0 Å². The molecule has 0 bridgehead atoms. The first-order valence-corrected chi connectivity index (χ1v) is 5.59. The number of aliphatic hydroxyl groups excluding tert-OH is 1. The second kappa shape index (κ2) is 2.83. The van der Waals surface area contributed by atoms with Crippen molar-refractivity contribution in [3.8, 4) is 0 Å². The Hall–Kier alpha value is -0.820. The van der Waals surface area contributed by atoms with Crippen molar-refractivity contribution in [2.45, 2.75) is 45.1 Å². The van der Waals surface area contributed by atoms with Gasteiger partial charge in [0, 0.05) is 0 Å². The number of rotatable bonds is 0. The highest BCUT2D eigenvalue weighted by Gasteiger charge is 2.26. The lowest BCUT2D eigenvalue weighted by atomic mass is 9.95. The highest BCUT2D eigenvalue weighted by Crippen LogP contribution is 2.39. The van der Waals surface area contributed by atoms with Crippen molar-refractivity contribution >= 4 is 0 Å². The van der Waals surface area contributed by atoms with Crippen LogP contribution >= 0.6 is 0 Å². The Kier molecular flexibility index (Phi) is 1.72. The van der Waals surface area contributed by atoms with E-state index in [1.165, 1.54) is 41.5 Å². The van der Waals surface area contributed by atoms with E-state index in [9.17, 15) is 5.11 Å². The quantitative estimate of drug-likeness (QED) is 0.663. The third-order valence-corrected chi connectivity index (χ3v) is 3.83. The van der Waals surface area contributed by atoms with Crippen LogP contribution < -0.4 is 0 Å². The Labute approximate surface area is 84.8 Å². The first kappa shape index (κ1) is 8.49. The van der Waals surface area contributed by atoms with Crippen LogP contribution in [0.25, 0.3) is 0 Å². The molecule has 14 heavy (non-hydrogen) atoms. The van der Waals surface area contributed by atoms with Gasteiger partial charge < -0.3 is 5.11 Å². The van der Waals surface area contributed by atoms with Crippen molar-refractivity contribution in [3.63, 3.8) is 0 Å². The van der Waals surface area contributed by atoms with Crippen molar-refractivity contribution < 1.29 is 5.11 Å². The van der Waals surface area contributed by atoms with E-state index < -0.39 is 0 Å². The molecule has 0 heterocycles. The Morgan fingerprint density at radius 1 is 1.21 bits per heavy atom. The molecule has 1 atom stereocenters. The first-order chi connectivity index (χ1) is 6.77. The molecule has 1 aromatic carbocycles. The third kappa shape index (κ3) is 0.992. The minimum absolute atomic E-state index is 0.184. The fraction of sp³-hybridized carbons (Fsp3) is 0.538. The van der Waals surface area contributed by atoms with Crippen molar-refractivity contribution in [1.29, 1.82) is 0 Å². The summed E-state index contributed by atoms with van der Waals surface area (Å²) in [5.74, 6) is 0. The van der Waals surface area contributed by atoms with Crippen molar-refractivity contribution in [3.05, 3.63) is 33.9 Å². The average Bonchev–Trinajstić information content (AvgIpc) is 2.74. The van der Waals surface area contributed by atoms with Crippen LogP contribution in [0.1, 0.15) is 46.8 Å². The fourth-order valence-electron chi connectivity index (χ4n) is 3.15. The molecule has 1 aromatic rings. The summed E-state index contributed by atoms with van der Waals surface area (Å²) >= 11 is 0. The van der Waals surface area contributed by atoms with Gasteiger partial charge in [-0.2, -0.15) is 0 Å². The minimum Gasteiger partial charge on any atom is -0.388 e. The van der Waals surface area contributed by atoms with Crippen LogP contribution in [0, 0.1) is 6.92 Å². The maximum atomic E-state index is 9.89. The number of benzene rings is 1. The number of hydrogen-bond acceptors (Lipinski definition) is 1. The van der Waals surface area contributed by atoms with Crippen LogP contribution in [0.5, 0.6) is 0 Å². The molecule has 0 amide bonds. The van der Waals surface area contributed by atoms with Crippen LogP contribution in [0.4, 0.5) is 0 Å². The summed E-state index contributed by atoms with van der Waals surface area (Å²) in [7, 11) is 0. The summed E-state index contributed by atoms with van der Waals surface area (Å²) in [4.78, 5) is 0. The average molecular weight is 188 g/mol. The van der Waals surface area contributed by atoms with Crippen LogP contribution in [0.15, 0.2) is 6.07 Å². The van der Waals surface area contributed by atoms with Crippen LogP contribution in [0.3, 0.4) is 0 Å². The van der Waals surface area contributed by atoms with Gasteiger partial charge >= 0.3 is 0 Å². The van der Waals surface area contributed by atoms with Gasteiger partial charge in [0.05, 0.1) is 6.10 Å². The SMILES string of the molecule is Cc1c2c(cc3c1[C@H](O)CC3)CCC2. The molecule has 0 radical (unpaired) electrons. The highest BCUT2D eigenvalue weighted by molar-refractivity contribution is 5.50. The monoisotopic (exact) mass is 188 g/mol. The van der Waals surface area contributed by atoms with E-state index in [1.807, 2.05) is 0 Å². The highest BCUT2D eigenvalue weighted by atomic mass is 16.3. The summed E-state index contributed by atoms with van der Waals surface area (Å²) in [6.45, 7) is 2.19. The molecular formula is C13H16O. The van der Waals surface area contributed by atoms with Gasteiger partial charge in [0.25, 0.3) is 0 Å². The molecule has 0 saturated heterocycles. The predicted molar refractivity (Wildman–Crippen MR) is 56.5 cm³/mol. The molecule has 0 aliphatic heterocycles.